The molecule has 0 bridgehead atoms. The van der Waals surface area contributed by atoms with E-state index >= 15 is 0 Å². The van der Waals surface area contributed by atoms with Crippen molar-refractivity contribution in [3.8, 4) is 0 Å². The van der Waals surface area contributed by atoms with E-state index in [-0.39, 0.29) is 0 Å². The summed E-state index contributed by atoms with van der Waals surface area (Å²) in [5.41, 5.74) is 0.777. The molecule has 0 fully saturated rings. The Hall–Kier alpha value is 1.08. The van der Waals surface area contributed by atoms with Gasteiger partial charge in [-0.25, -0.2) is 4.21 Å². The Morgan fingerprint density at radius 2 is 1.77 bits per heavy atom. The Bertz CT molecular complexity index is 326. The molecule has 0 radical (unpaired) electrons. The van der Waals surface area contributed by atoms with Gasteiger partial charge in [-0.1, -0.05) is 23.7 Å². The molecule has 72 valence electrons. The molecule has 1 unspecified atom stereocenters. The lowest BCUT2D eigenvalue weighted by Gasteiger charge is -2.16. The van der Waals surface area contributed by atoms with E-state index < -0.39 is 11.8 Å². The normalized spacial score (nSPS) is 14.2. The summed E-state index contributed by atoms with van der Waals surface area (Å²) in [6.45, 7) is 0. The first kappa shape index (κ1) is 12.2. The Morgan fingerprint density at radius 3 is 2.15 bits per heavy atom. The molecule has 1 N–H and O–H groups in total. The molecule has 0 aliphatic rings. The Labute approximate surface area is 111 Å². The van der Waals surface area contributed by atoms with Crippen LogP contribution >= 0.6 is 56.8 Å². The van der Waals surface area contributed by atoms with Gasteiger partial charge in [0.2, 0.25) is 0 Å². The van der Waals surface area contributed by atoms with Crippen molar-refractivity contribution in [2.45, 2.75) is 0.760 Å². The van der Waals surface area contributed by atoms with Crippen molar-refractivity contribution in [1.29, 1.82) is 0 Å². The summed E-state index contributed by atoms with van der Waals surface area (Å²) in [5.74, 6) is 0. The van der Waals surface area contributed by atoms with Gasteiger partial charge in [0.25, 0.3) is 0 Å². The zero-order chi connectivity index (χ0) is 10.1. The Morgan fingerprint density at radius 1 is 1.31 bits per heavy atom. The number of hydrogen-bond acceptors (Lipinski definition) is 1. The zero-order valence-corrected chi connectivity index (χ0v) is 12.1. The summed E-state index contributed by atoms with van der Waals surface area (Å²) in [5, 5.41) is 0.621. The largest absolute Gasteiger partial charge is 0.304 e. The van der Waals surface area contributed by atoms with Crippen molar-refractivity contribution < 1.29 is 8.76 Å². The van der Waals surface area contributed by atoms with Crippen molar-refractivity contribution in [3.05, 3.63) is 34.9 Å². The molecule has 1 atom stereocenters. The molecule has 0 amide bonds. The monoisotopic (exact) mass is 442 g/mol. The van der Waals surface area contributed by atoms with Crippen molar-refractivity contribution in [3.63, 3.8) is 0 Å². The summed E-state index contributed by atoms with van der Waals surface area (Å²) in [7, 11) is 0. The molecule has 0 aliphatic carbocycles. The van der Waals surface area contributed by atoms with E-state index in [0.717, 1.165) is 5.56 Å². The summed E-state index contributed by atoms with van der Waals surface area (Å²) in [6.07, 6.45) is 0. The highest BCUT2D eigenvalue weighted by atomic mass is 127. The zero-order valence-electron chi connectivity index (χ0n) is 6.21. The van der Waals surface area contributed by atoms with Gasteiger partial charge in [-0.2, -0.15) is 0 Å². The molecular weight excluding hydrogens is 437 g/mol. The van der Waals surface area contributed by atoms with E-state index in [1.165, 1.54) is 0 Å². The maximum Gasteiger partial charge on any atom is 0.197 e. The Balaban J connectivity index is 3.08. The predicted molar refractivity (Wildman–Crippen MR) is 71.9 cm³/mol. The van der Waals surface area contributed by atoms with Crippen molar-refractivity contribution in [1.82, 2.24) is 0 Å². The standard InChI is InChI=1S/C7H5ClI2O2S/c8-6-3-1-5(2-4-6)7(9,10)13(11)12/h1-4H,(H,11,12). The second-order valence-corrected chi connectivity index (χ2v) is 10.6. The fraction of sp³-hybridized carbons (Fsp3) is 0.143. The van der Waals surface area contributed by atoms with Crippen molar-refractivity contribution >= 4 is 67.9 Å². The van der Waals surface area contributed by atoms with Gasteiger partial charge in [0.15, 0.2) is 11.8 Å². The molecule has 0 heterocycles. The van der Waals surface area contributed by atoms with Crippen LogP contribution in [0.25, 0.3) is 0 Å². The minimum atomic E-state index is -1.90. The number of rotatable bonds is 2. The van der Waals surface area contributed by atoms with Gasteiger partial charge in [-0.15, -0.1) is 0 Å². The summed E-state index contributed by atoms with van der Waals surface area (Å²) in [4.78, 5) is 0. The van der Waals surface area contributed by atoms with Crippen molar-refractivity contribution in [2.75, 3.05) is 0 Å². The van der Waals surface area contributed by atoms with Gasteiger partial charge < -0.3 is 4.55 Å². The van der Waals surface area contributed by atoms with Crippen LogP contribution in [0.2, 0.25) is 5.02 Å². The number of benzene rings is 1. The topological polar surface area (TPSA) is 37.3 Å². The highest BCUT2D eigenvalue weighted by Crippen LogP contribution is 2.42. The van der Waals surface area contributed by atoms with Crippen LogP contribution in [0.1, 0.15) is 5.56 Å². The van der Waals surface area contributed by atoms with E-state index in [1.807, 2.05) is 45.2 Å². The van der Waals surface area contributed by atoms with Crippen LogP contribution in [-0.4, -0.2) is 8.76 Å². The van der Waals surface area contributed by atoms with Gasteiger partial charge in [0.05, 0.1) is 0 Å². The van der Waals surface area contributed by atoms with Crippen LogP contribution < -0.4 is 0 Å². The van der Waals surface area contributed by atoms with Gasteiger partial charge in [-0.3, -0.25) is 0 Å². The lowest BCUT2D eigenvalue weighted by Crippen LogP contribution is -2.14. The lowest BCUT2D eigenvalue weighted by atomic mass is 10.2. The molecule has 0 aliphatic heterocycles. The maximum absolute atomic E-state index is 11.0. The molecule has 0 saturated carbocycles. The third-order valence-electron chi connectivity index (χ3n) is 1.40. The first-order valence-electron chi connectivity index (χ1n) is 3.19. The quantitative estimate of drug-likeness (QED) is 0.432. The second kappa shape index (κ2) is 4.73. The van der Waals surface area contributed by atoms with E-state index in [1.54, 1.807) is 24.3 Å². The van der Waals surface area contributed by atoms with E-state index in [9.17, 15) is 4.21 Å². The van der Waals surface area contributed by atoms with Crippen LogP contribution in [-0.2, 0) is 11.8 Å². The first-order chi connectivity index (χ1) is 5.94. The average Bonchev–Trinajstić information content (AvgIpc) is 2.04. The third-order valence-corrected chi connectivity index (χ3v) is 5.83. The molecule has 6 heteroatoms. The van der Waals surface area contributed by atoms with Crippen LogP contribution in [0, 0.1) is 0 Å². The summed E-state index contributed by atoms with van der Waals surface area (Å²) < 4.78 is 19.2. The van der Waals surface area contributed by atoms with Gasteiger partial charge in [-0.05, 0) is 62.9 Å². The molecule has 1 aromatic carbocycles. The van der Waals surface area contributed by atoms with Crippen LogP contribution in [0.5, 0.6) is 0 Å². The Kier molecular flexibility index (Phi) is 4.42. The van der Waals surface area contributed by atoms with Crippen LogP contribution in [0.3, 0.4) is 0 Å². The van der Waals surface area contributed by atoms with E-state index in [2.05, 4.69) is 0 Å². The minimum absolute atomic E-state index is 0.621. The first-order valence-corrected chi connectivity index (χ1v) is 6.83. The SMILES string of the molecule is O=S(O)C(I)(I)c1ccc(Cl)cc1. The van der Waals surface area contributed by atoms with Crippen LogP contribution in [0.15, 0.2) is 24.3 Å². The maximum atomic E-state index is 11.0. The smallest absolute Gasteiger partial charge is 0.197 e. The molecule has 1 aromatic rings. The average molecular weight is 442 g/mol. The van der Waals surface area contributed by atoms with E-state index in [4.69, 9.17) is 16.2 Å². The fourth-order valence-corrected chi connectivity index (χ4v) is 1.93. The third kappa shape index (κ3) is 3.01. The highest BCUT2D eigenvalue weighted by molar-refractivity contribution is 14.2. The van der Waals surface area contributed by atoms with Crippen molar-refractivity contribution in [2.24, 2.45) is 0 Å². The summed E-state index contributed by atoms with van der Waals surface area (Å²) >= 11 is 7.67. The molecule has 13 heavy (non-hydrogen) atoms. The van der Waals surface area contributed by atoms with Gasteiger partial charge >= 0.3 is 0 Å². The predicted octanol–water partition coefficient (Wildman–Crippen LogP) is 3.54. The van der Waals surface area contributed by atoms with Gasteiger partial charge in [0, 0.05) is 5.02 Å². The second-order valence-electron chi connectivity index (χ2n) is 2.27. The fourth-order valence-electron chi connectivity index (χ4n) is 0.745. The molecule has 0 spiro atoms. The number of hydrogen-bond donors (Lipinski definition) is 1. The molecular formula is C7H5ClI2O2S. The molecule has 0 aromatic heterocycles. The highest BCUT2D eigenvalue weighted by Gasteiger charge is 2.31. The van der Waals surface area contributed by atoms with Crippen LogP contribution in [0.4, 0.5) is 0 Å². The number of halogens is 3. The lowest BCUT2D eigenvalue weighted by molar-refractivity contribution is 0.562. The minimum Gasteiger partial charge on any atom is -0.304 e. The number of alkyl halides is 2. The van der Waals surface area contributed by atoms with Gasteiger partial charge in [0.1, 0.15) is 0 Å². The molecule has 2 nitrogen and oxygen atoms in total. The summed E-state index contributed by atoms with van der Waals surface area (Å²) in [6, 6.07) is 6.90. The molecule has 0 saturated heterocycles. The van der Waals surface area contributed by atoms with E-state index in [0.29, 0.717) is 5.02 Å². The molecule has 1 rings (SSSR count).